The highest BCUT2D eigenvalue weighted by Gasteiger charge is 2.28. The lowest BCUT2D eigenvalue weighted by Crippen LogP contribution is -1.99. The Balaban J connectivity index is 1.90. The summed E-state index contributed by atoms with van der Waals surface area (Å²) in [5.74, 6) is 0.891. The van der Waals surface area contributed by atoms with Gasteiger partial charge in [-0.05, 0) is 72.2 Å². The first-order valence-electron chi connectivity index (χ1n) is 7.67. The number of rotatable bonds is 1. The lowest BCUT2D eigenvalue weighted by molar-refractivity contribution is 0.104. The summed E-state index contributed by atoms with van der Waals surface area (Å²) in [6.45, 7) is 0. The molecule has 0 saturated heterocycles. The Morgan fingerprint density at radius 1 is 0.810 bits per heavy atom. The van der Waals surface area contributed by atoms with Gasteiger partial charge >= 0.3 is 0 Å². The topological polar surface area (TPSA) is 26.3 Å². The van der Waals surface area contributed by atoms with Crippen LogP contribution in [0.15, 0.2) is 30.3 Å². The van der Waals surface area contributed by atoms with Gasteiger partial charge in [-0.15, -0.1) is 0 Å². The first-order valence-corrected chi connectivity index (χ1v) is 7.67. The molecule has 2 heteroatoms. The van der Waals surface area contributed by atoms with Crippen LogP contribution >= 0.6 is 0 Å². The Hall–Kier alpha value is -2.09. The maximum absolute atomic E-state index is 12.7. The molecule has 0 heterocycles. The van der Waals surface area contributed by atoms with Crippen LogP contribution in [0.1, 0.15) is 46.3 Å². The summed E-state index contributed by atoms with van der Waals surface area (Å²) in [6, 6.07) is 10.2. The average molecular weight is 278 g/mol. The van der Waals surface area contributed by atoms with E-state index in [0.29, 0.717) is 0 Å². The number of aryl methyl sites for hydroxylation is 2. The monoisotopic (exact) mass is 278 g/mol. The second-order valence-corrected chi connectivity index (χ2v) is 5.97. The van der Waals surface area contributed by atoms with E-state index in [9.17, 15) is 4.79 Å². The van der Waals surface area contributed by atoms with E-state index in [1.807, 2.05) is 18.2 Å². The molecule has 2 nitrogen and oxygen atoms in total. The van der Waals surface area contributed by atoms with Gasteiger partial charge in [0.05, 0.1) is 7.11 Å². The molecular weight excluding hydrogens is 260 g/mol. The van der Waals surface area contributed by atoms with Crippen LogP contribution in [0, 0.1) is 0 Å². The molecule has 106 valence electrons. The van der Waals surface area contributed by atoms with Crippen molar-refractivity contribution in [2.75, 3.05) is 7.11 Å². The maximum Gasteiger partial charge on any atom is 0.194 e. The minimum absolute atomic E-state index is 0.144. The fraction of sp³-hybridized carbons (Fsp3) is 0.316. The minimum atomic E-state index is 0.144. The normalized spacial score (nSPS) is 16.0. The molecule has 2 aromatic carbocycles. The van der Waals surface area contributed by atoms with E-state index in [2.05, 4.69) is 12.1 Å². The summed E-state index contributed by atoms with van der Waals surface area (Å²) in [6.07, 6.45) is 6.04. The predicted molar refractivity (Wildman–Crippen MR) is 83.1 cm³/mol. The number of hydrogen-bond acceptors (Lipinski definition) is 2. The molecule has 2 aliphatic rings. The number of methoxy groups -OCH3 is 1. The lowest BCUT2D eigenvalue weighted by Gasteiger charge is -2.09. The Bertz CT molecular complexity index is 743. The average Bonchev–Trinajstić information content (AvgIpc) is 2.69. The standard InChI is InChI=1S/C19H18O2/c1-21-14-7-8-15-16-9-12-5-3-2-4-6-13(12)10-17(16)19(20)18(15)11-14/h7-11H,2-6H2,1H3. The van der Waals surface area contributed by atoms with Crippen molar-refractivity contribution < 1.29 is 9.53 Å². The van der Waals surface area contributed by atoms with Gasteiger partial charge in [0.15, 0.2) is 5.78 Å². The summed E-state index contributed by atoms with van der Waals surface area (Å²) < 4.78 is 5.25. The molecule has 2 aromatic rings. The number of carbonyl (C=O) groups is 1. The summed E-state index contributed by atoms with van der Waals surface area (Å²) in [5, 5.41) is 0. The van der Waals surface area contributed by atoms with Gasteiger partial charge in [0, 0.05) is 11.1 Å². The third-order valence-electron chi connectivity index (χ3n) is 4.74. The Morgan fingerprint density at radius 2 is 1.48 bits per heavy atom. The number of carbonyl (C=O) groups excluding carboxylic acids is 1. The summed E-state index contributed by atoms with van der Waals surface area (Å²) >= 11 is 0. The third kappa shape index (κ3) is 1.90. The molecule has 0 aliphatic heterocycles. The van der Waals surface area contributed by atoms with Gasteiger partial charge in [-0.25, -0.2) is 0 Å². The molecule has 0 saturated carbocycles. The highest BCUT2D eigenvalue weighted by Crippen LogP contribution is 2.40. The van der Waals surface area contributed by atoms with Crippen molar-refractivity contribution in [2.24, 2.45) is 0 Å². The molecule has 4 rings (SSSR count). The molecule has 2 aliphatic carbocycles. The van der Waals surface area contributed by atoms with Gasteiger partial charge in [0.25, 0.3) is 0 Å². The van der Waals surface area contributed by atoms with Crippen molar-refractivity contribution in [3.05, 3.63) is 52.6 Å². The maximum atomic E-state index is 12.7. The van der Waals surface area contributed by atoms with E-state index in [4.69, 9.17) is 4.74 Å². The second kappa shape index (κ2) is 4.73. The van der Waals surface area contributed by atoms with E-state index < -0.39 is 0 Å². The third-order valence-corrected chi connectivity index (χ3v) is 4.74. The van der Waals surface area contributed by atoms with Crippen LogP contribution < -0.4 is 4.74 Å². The molecule has 0 amide bonds. The summed E-state index contributed by atoms with van der Waals surface area (Å²) in [7, 11) is 1.64. The molecule has 0 radical (unpaired) electrons. The number of benzene rings is 2. The van der Waals surface area contributed by atoms with E-state index in [-0.39, 0.29) is 5.78 Å². The highest BCUT2D eigenvalue weighted by molar-refractivity contribution is 6.22. The molecule has 0 spiro atoms. The predicted octanol–water partition coefficient (Wildman–Crippen LogP) is 4.18. The molecule has 0 atom stereocenters. The van der Waals surface area contributed by atoms with Gasteiger partial charge in [-0.2, -0.15) is 0 Å². The van der Waals surface area contributed by atoms with Crippen molar-refractivity contribution in [2.45, 2.75) is 32.1 Å². The zero-order valence-electron chi connectivity index (χ0n) is 12.2. The molecule has 0 unspecified atom stereocenters. The van der Waals surface area contributed by atoms with E-state index in [0.717, 1.165) is 40.8 Å². The summed E-state index contributed by atoms with van der Waals surface area (Å²) in [4.78, 5) is 12.7. The molecule has 0 N–H and O–H groups in total. The van der Waals surface area contributed by atoms with Crippen molar-refractivity contribution in [3.63, 3.8) is 0 Å². The zero-order chi connectivity index (χ0) is 14.4. The lowest BCUT2D eigenvalue weighted by atomic mass is 9.95. The van der Waals surface area contributed by atoms with Crippen molar-refractivity contribution in [3.8, 4) is 16.9 Å². The molecule has 0 aromatic heterocycles. The zero-order valence-corrected chi connectivity index (χ0v) is 12.2. The smallest absolute Gasteiger partial charge is 0.194 e. The van der Waals surface area contributed by atoms with Gasteiger partial charge in [0.1, 0.15) is 5.75 Å². The minimum Gasteiger partial charge on any atom is -0.497 e. The second-order valence-electron chi connectivity index (χ2n) is 5.97. The van der Waals surface area contributed by atoms with Crippen molar-refractivity contribution >= 4 is 5.78 Å². The van der Waals surface area contributed by atoms with Gasteiger partial charge in [-0.1, -0.05) is 12.5 Å². The van der Waals surface area contributed by atoms with Crippen molar-refractivity contribution in [1.82, 2.24) is 0 Å². The van der Waals surface area contributed by atoms with Gasteiger partial charge < -0.3 is 4.74 Å². The first kappa shape index (κ1) is 12.6. The number of hydrogen-bond donors (Lipinski definition) is 0. The van der Waals surface area contributed by atoms with Crippen LogP contribution in [0.25, 0.3) is 11.1 Å². The highest BCUT2D eigenvalue weighted by atomic mass is 16.5. The fourth-order valence-corrected chi connectivity index (χ4v) is 3.59. The quantitative estimate of drug-likeness (QED) is 0.624. The molecule has 21 heavy (non-hydrogen) atoms. The van der Waals surface area contributed by atoms with Crippen LogP contribution in [0.3, 0.4) is 0 Å². The number of fused-ring (bicyclic) bond motifs is 4. The Labute approximate surface area is 124 Å². The molecule has 0 fully saturated rings. The van der Waals surface area contributed by atoms with Gasteiger partial charge in [-0.3, -0.25) is 4.79 Å². The Morgan fingerprint density at radius 3 is 2.19 bits per heavy atom. The molecule has 0 bridgehead atoms. The van der Waals surface area contributed by atoms with E-state index in [1.165, 1.54) is 30.4 Å². The molecular formula is C19H18O2. The summed E-state index contributed by atoms with van der Waals surface area (Å²) in [5.41, 5.74) is 6.63. The number of ketones is 1. The van der Waals surface area contributed by atoms with Crippen LogP contribution in [0.2, 0.25) is 0 Å². The number of ether oxygens (including phenoxy) is 1. The van der Waals surface area contributed by atoms with E-state index in [1.54, 1.807) is 7.11 Å². The van der Waals surface area contributed by atoms with Crippen LogP contribution in [-0.4, -0.2) is 12.9 Å². The van der Waals surface area contributed by atoms with Crippen molar-refractivity contribution in [1.29, 1.82) is 0 Å². The SMILES string of the molecule is COc1ccc2c(c1)C(=O)c1cc3c(cc1-2)CCCCC3. The van der Waals surface area contributed by atoms with Crippen LogP contribution in [0.4, 0.5) is 0 Å². The van der Waals surface area contributed by atoms with Crippen LogP contribution in [0.5, 0.6) is 5.75 Å². The van der Waals surface area contributed by atoms with Gasteiger partial charge in [0.2, 0.25) is 0 Å². The largest absolute Gasteiger partial charge is 0.497 e. The van der Waals surface area contributed by atoms with E-state index >= 15 is 0 Å². The Kier molecular flexibility index (Phi) is 2.85. The fourth-order valence-electron chi connectivity index (χ4n) is 3.59. The van der Waals surface area contributed by atoms with Crippen LogP contribution in [-0.2, 0) is 12.8 Å². The first-order chi connectivity index (χ1) is 10.3.